The lowest BCUT2D eigenvalue weighted by Gasteiger charge is -2.22. The van der Waals surface area contributed by atoms with E-state index >= 15 is 0 Å². The molecule has 6 aliphatic carbocycles. The summed E-state index contributed by atoms with van der Waals surface area (Å²) in [6.07, 6.45) is 29.5. The lowest BCUT2D eigenvalue weighted by atomic mass is 9.89. The molecule has 12 aliphatic rings. The van der Waals surface area contributed by atoms with Gasteiger partial charge >= 0.3 is 0 Å². The zero-order chi connectivity index (χ0) is 75.1. The summed E-state index contributed by atoms with van der Waals surface area (Å²) in [5, 5.41) is 0. The van der Waals surface area contributed by atoms with Crippen LogP contribution in [0, 0.1) is 148 Å². The number of fused-ring (bicyclic) bond motifs is 6. The number of hydrogen-bond acceptors (Lipinski definition) is 12. The molecule has 0 bridgehead atoms. The third-order valence-electron chi connectivity index (χ3n) is 24.0. The molecular formula is C83H112N6O12. The van der Waals surface area contributed by atoms with E-state index < -0.39 is 0 Å². The molecule has 18 heteroatoms. The fourth-order valence-corrected chi connectivity index (χ4v) is 19.0. The highest BCUT2D eigenvalue weighted by molar-refractivity contribution is 6.09. The van der Waals surface area contributed by atoms with Gasteiger partial charge in [0.1, 0.15) is 0 Å². The number of likely N-dealkylation sites (tertiary alicyclic amines) is 6. The summed E-state index contributed by atoms with van der Waals surface area (Å²) in [6.45, 7) is 61.1. The molecule has 18 nitrogen and oxygen atoms in total. The Balaban J connectivity index is 0.000000170. The smallest absolute Gasteiger partial charge is 0.233 e. The molecule has 0 spiro atoms. The Bertz CT molecular complexity index is 3190. The molecule has 12 amide bonds. The van der Waals surface area contributed by atoms with Gasteiger partial charge in [0.15, 0.2) is 0 Å². The number of allylic oxidation sites excluding steroid dienone is 12. The standard InChI is InChI=1S/2C15H21NO2.2C14H19NO2.C13H17NO2.C12H15NO2/c1-5-10-7-11(6-2)13-12(10)14(17)16(15(13)18)8-9(3)4;1-4-7-8-16-14(17)12-10(5-2)9-11(6-3)13(12)15(16)18;1-5-9-7-10(6-2)12-11(9)13(16)15(8(3)4)14(12)17;1-4-7-15-13(16)11-9(5-2)8-10(6-3)12(11)14(15)17;1-4-8-7-9(5-2)11-10(8)12(15)14(6-3)13(11)16;1-4-7-6-8(5-2)10-9(7)11(14)13(3)12(10)15/h5-6,9-13H,1-2,7-8H2,3-4H3;5-6,10-13H,2-4,7-9H2,1H3;5-6,8-12H,1-2,7H2,3-4H3;5-6,9-12H,2-4,7-8H2,1H3;4-5,8-11H,1-2,6-7H2,3H3;4-5,7-10H,1-2,6H2,3H3. The van der Waals surface area contributed by atoms with Gasteiger partial charge in [0.05, 0.1) is 71.0 Å². The number of hydrogen-bond donors (Lipinski definition) is 0. The first-order valence-electron chi connectivity index (χ1n) is 36.7. The average molecular weight is 1390 g/mol. The summed E-state index contributed by atoms with van der Waals surface area (Å²) in [5.74, 6) is -0.736. The summed E-state index contributed by atoms with van der Waals surface area (Å²) in [6, 6.07) is -0.0588. The van der Waals surface area contributed by atoms with Crippen molar-refractivity contribution in [3.8, 4) is 0 Å². The minimum Gasteiger partial charge on any atom is -0.285 e. The highest BCUT2D eigenvalue weighted by atomic mass is 16.2. The van der Waals surface area contributed by atoms with Gasteiger partial charge in [-0.25, -0.2) is 0 Å². The SMILES string of the molecule is C=CC1CC(C=C)C2C(=O)N(C(C)C)C(=O)C12.C=CC1CC(C=C)C2C(=O)N(C)C(=O)C12.C=CC1CC(C=C)C2C(=O)N(CC(C)C)C(=O)C12.C=CC1CC(C=C)C2C(=O)N(CC)C(=O)C12.C=CC1CC(C=C)C2C(=O)N(CCC)C(=O)C12.C=CC1CC(C=C)C2C(=O)N(CCCC)C(=O)C12. The largest absolute Gasteiger partial charge is 0.285 e. The zero-order valence-electron chi connectivity index (χ0n) is 61.2. The van der Waals surface area contributed by atoms with Crippen molar-refractivity contribution in [1.82, 2.24) is 29.4 Å². The van der Waals surface area contributed by atoms with Crippen molar-refractivity contribution in [2.24, 2.45) is 148 Å². The van der Waals surface area contributed by atoms with E-state index in [2.05, 4.69) is 85.9 Å². The van der Waals surface area contributed by atoms with Gasteiger partial charge < -0.3 is 0 Å². The Morgan fingerprint density at radius 3 is 0.703 bits per heavy atom. The first-order chi connectivity index (χ1) is 48.1. The molecule has 0 radical (unpaired) electrons. The highest BCUT2D eigenvalue weighted by Crippen LogP contribution is 2.54. The van der Waals surface area contributed by atoms with E-state index in [9.17, 15) is 57.5 Å². The monoisotopic (exact) mass is 1380 g/mol. The van der Waals surface area contributed by atoms with Crippen molar-refractivity contribution in [2.45, 2.75) is 112 Å². The van der Waals surface area contributed by atoms with Gasteiger partial charge in [-0.3, -0.25) is 86.9 Å². The molecule has 6 heterocycles. The molecule has 24 atom stereocenters. The van der Waals surface area contributed by atoms with E-state index in [1.54, 1.807) is 19.2 Å². The zero-order valence-corrected chi connectivity index (χ0v) is 61.2. The van der Waals surface area contributed by atoms with Crippen LogP contribution < -0.4 is 0 Å². The fraction of sp³-hybridized carbons (Fsp3) is 0.566. The van der Waals surface area contributed by atoms with Crippen molar-refractivity contribution < 1.29 is 57.5 Å². The second-order valence-electron chi connectivity index (χ2n) is 30.0. The molecule has 0 aromatic carbocycles. The molecular weight excluding hydrogens is 1270 g/mol. The van der Waals surface area contributed by atoms with Crippen LogP contribution in [0.2, 0.25) is 0 Å². The molecule has 101 heavy (non-hydrogen) atoms. The highest BCUT2D eigenvalue weighted by Gasteiger charge is 2.62. The minimum atomic E-state index is -0.203. The van der Waals surface area contributed by atoms with E-state index in [0.29, 0.717) is 32.1 Å². The predicted molar refractivity (Wildman–Crippen MR) is 391 cm³/mol. The van der Waals surface area contributed by atoms with Crippen LogP contribution in [0.15, 0.2) is 152 Å². The van der Waals surface area contributed by atoms with Crippen LogP contribution in [0.5, 0.6) is 0 Å². The van der Waals surface area contributed by atoms with Crippen LogP contribution in [0.4, 0.5) is 0 Å². The number of amides is 12. The molecule has 6 saturated carbocycles. The van der Waals surface area contributed by atoms with Gasteiger partial charge in [-0.05, 0) is 149 Å². The van der Waals surface area contributed by atoms with E-state index in [4.69, 9.17) is 0 Å². The summed E-state index contributed by atoms with van der Waals surface area (Å²) in [4.78, 5) is 155. The van der Waals surface area contributed by atoms with E-state index in [-0.39, 0.29) is 219 Å². The Hall–Kier alpha value is -8.28. The van der Waals surface area contributed by atoms with Gasteiger partial charge in [0, 0.05) is 39.3 Å². The molecule has 546 valence electrons. The van der Waals surface area contributed by atoms with Crippen molar-refractivity contribution in [2.75, 3.05) is 33.2 Å². The number of imide groups is 6. The first-order valence-corrected chi connectivity index (χ1v) is 36.7. The van der Waals surface area contributed by atoms with Gasteiger partial charge in [0.2, 0.25) is 70.9 Å². The van der Waals surface area contributed by atoms with Crippen LogP contribution in [-0.4, -0.2) is 140 Å². The van der Waals surface area contributed by atoms with Gasteiger partial charge in [-0.15, -0.1) is 78.9 Å². The minimum absolute atomic E-state index is 0.00361. The number of rotatable bonds is 21. The maximum Gasteiger partial charge on any atom is 0.233 e. The summed E-state index contributed by atoms with van der Waals surface area (Å²) >= 11 is 0. The average Bonchev–Trinajstić information content (AvgIpc) is 1.64. The van der Waals surface area contributed by atoms with Crippen LogP contribution in [0.1, 0.15) is 106 Å². The normalized spacial score (nSPS) is 36.5. The Labute approximate surface area is 600 Å². The third-order valence-corrected chi connectivity index (χ3v) is 24.0. The number of nitrogens with zero attached hydrogens (tertiary/aromatic N) is 6. The quantitative estimate of drug-likeness (QED) is 0.0773. The number of carbonyl (C=O) groups is 12. The summed E-state index contributed by atoms with van der Waals surface area (Å²) < 4.78 is 0. The second-order valence-corrected chi connectivity index (χ2v) is 30.0. The van der Waals surface area contributed by atoms with Crippen LogP contribution in [0.25, 0.3) is 0 Å². The van der Waals surface area contributed by atoms with Crippen LogP contribution >= 0.6 is 0 Å². The van der Waals surface area contributed by atoms with Crippen molar-refractivity contribution >= 4 is 70.9 Å². The lowest BCUT2D eigenvalue weighted by molar-refractivity contribution is -0.144. The predicted octanol–water partition coefficient (Wildman–Crippen LogP) is 11.5. The molecule has 12 rings (SSSR count). The Morgan fingerprint density at radius 1 is 0.297 bits per heavy atom. The summed E-state index contributed by atoms with van der Waals surface area (Å²) in [5.41, 5.74) is 0. The van der Waals surface area contributed by atoms with Crippen molar-refractivity contribution in [3.05, 3.63) is 152 Å². The van der Waals surface area contributed by atoms with Crippen LogP contribution in [-0.2, 0) is 57.5 Å². The molecule has 0 aromatic heterocycles. The Morgan fingerprint density at radius 2 is 0.505 bits per heavy atom. The molecule has 6 aliphatic heterocycles. The summed E-state index contributed by atoms with van der Waals surface area (Å²) in [7, 11) is 1.56. The van der Waals surface area contributed by atoms with Gasteiger partial charge in [-0.1, -0.05) is 107 Å². The topological polar surface area (TPSA) is 224 Å². The Kier molecular flexibility index (Phi) is 27.0. The maximum absolute atomic E-state index is 12.4. The maximum atomic E-state index is 12.4. The van der Waals surface area contributed by atoms with Gasteiger partial charge in [0.25, 0.3) is 0 Å². The molecule has 0 N–H and O–H groups in total. The second kappa shape index (κ2) is 34.1. The van der Waals surface area contributed by atoms with Crippen molar-refractivity contribution in [1.29, 1.82) is 0 Å². The lowest BCUT2D eigenvalue weighted by Crippen LogP contribution is -2.38. The van der Waals surface area contributed by atoms with E-state index in [1.165, 1.54) is 29.4 Å². The molecule has 6 saturated heterocycles. The van der Waals surface area contributed by atoms with Crippen molar-refractivity contribution in [3.63, 3.8) is 0 Å². The molecule has 24 unspecified atom stereocenters. The van der Waals surface area contributed by atoms with Gasteiger partial charge in [-0.2, -0.15) is 0 Å². The van der Waals surface area contributed by atoms with Crippen LogP contribution in [0.3, 0.4) is 0 Å². The van der Waals surface area contributed by atoms with E-state index in [0.717, 1.165) is 57.8 Å². The first kappa shape index (κ1) is 80.0. The number of carbonyl (C=O) groups excluding carboxylic acids is 12. The molecule has 0 aromatic rings. The number of unbranched alkanes of at least 4 members (excludes halogenated alkanes) is 1. The molecule has 12 fully saturated rings. The fourth-order valence-electron chi connectivity index (χ4n) is 19.0. The van der Waals surface area contributed by atoms with E-state index in [1.807, 2.05) is 102 Å². The third kappa shape index (κ3) is 14.6.